The Morgan fingerprint density at radius 2 is 1.59 bits per heavy atom. The third-order valence-corrected chi connectivity index (χ3v) is 3.42. The Labute approximate surface area is 104 Å². The summed E-state index contributed by atoms with van der Waals surface area (Å²) >= 11 is 0. The van der Waals surface area contributed by atoms with Crippen molar-refractivity contribution in [3.05, 3.63) is 0 Å². The van der Waals surface area contributed by atoms with Crippen molar-refractivity contribution in [2.45, 2.75) is 65.0 Å². The largest absolute Gasteiger partial charge is 0.396 e. The van der Waals surface area contributed by atoms with Gasteiger partial charge in [-0.05, 0) is 18.3 Å². The van der Waals surface area contributed by atoms with Gasteiger partial charge in [0.2, 0.25) is 0 Å². The molecule has 1 saturated heterocycles. The summed E-state index contributed by atoms with van der Waals surface area (Å²) in [7, 11) is 0. The summed E-state index contributed by atoms with van der Waals surface area (Å²) in [5.41, 5.74) is 0.0669. The van der Waals surface area contributed by atoms with Crippen LogP contribution >= 0.6 is 0 Å². The molecule has 0 amide bonds. The van der Waals surface area contributed by atoms with E-state index in [0.29, 0.717) is 6.42 Å². The summed E-state index contributed by atoms with van der Waals surface area (Å²) in [6, 6.07) is 0. The number of aliphatic hydroxyl groups is 3. The summed E-state index contributed by atoms with van der Waals surface area (Å²) in [4.78, 5) is 0. The van der Waals surface area contributed by atoms with Gasteiger partial charge >= 0.3 is 0 Å². The molecule has 0 saturated carbocycles. The fourth-order valence-electron chi connectivity index (χ4n) is 2.40. The number of ether oxygens (including phenoxy) is 1. The molecule has 0 aromatic rings. The van der Waals surface area contributed by atoms with E-state index in [9.17, 15) is 10.2 Å². The second-order valence-corrected chi connectivity index (χ2v) is 6.33. The second kappa shape index (κ2) is 5.65. The van der Waals surface area contributed by atoms with Crippen LogP contribution in [-0.4, -0.2) is 46.3 Å². The van der Waals surface area contributed by atoms with Gasteiger partial charge in [-0.25, -0.2) is 0 Å². The molecule has 102 valence electrons. The van der Waals surface area contributed by atoms with Crippen LogP contribution in [0.3, 0.4) is 0 Å². The highest BCUT2D eigenvalue weighted by atomic mass is 16.5. The quantitative estimate of drug-likeness (QED) is 0.693. The van der Waals surface area contributed by atoms with Gasteiger partial charge in [0.1, 0.15) is 0 Å². The molecule has 0 bridgehead atoms. The van der Waals surface area contributed by atoms with E-state index in [4.69, 9.17) is 9.84 Å². The zero-order valence-electron chi connectivity index (χ0n) is 11.3. The molecule has 1 heterocycles. The van der Waals surface area contributed by atoms with E-state index in [2.05, 4.69) is 20.8 Å². The molecule has 0 radical (unpaired) electrons. The summed E-state index contributed by atoms with van der Waals surface area (Å²) in [6.45, 7) is 8.12. The fourth-order valence-corrected chi connectivity index (χ4v) is 2.40. The van der Waals surface area contributed by atoms with Gasteiger partial charge in [0, 0.05) is 12.5 Å². The third-order valence-electron chi connectivity index (χ3n) is 3.42. The van der Waals surface area contributed by atoms with Crippen molar-refractivity contribution in [2.24, 2.45) is 11.3 Å². The highest BCUT2D eigenvalue weighted by Crippen LogP contribution is 2.33. The van der Waals surface area contributed by atoms with Crippen LogP contribution in [0, 0.1) is 11.3 Å². The summed E-state index contributed by atoms with van der Waals surface area (Å²) < 4.78 is 5.74. The molecular weight excluding hydrogens is 220 g/mol. The normalized spacial score (nSPS) is 39.4. The molecule has 3 N–H and O–H groups in total. The lowest BCUT2D eigenvalue weighted by Gasteiger charge is -2.43. The van der Waals surface area contributed by atoms with E-state index in [0.717, 1.165) is 6.42 Å². The smallest absolute Gasteiger partial charge is 0.0864 e. The lowest BCUT2D eigenvalue weighted by atomic mass is 9.80. The van der Waals surface area contributed by atoms with Crippen LogP contribution in [0.1, 0.15) is 40.5 Å². The standard InChI is InChI=1S/C13H26O4/c1-8-11(15)9(5-6-14)17-10(12(8)16)7-13(2,3)4/h8-12,14-16H,5-7H2,1-4H3. The first-order valence-electron chi connectivity index (χ1n) is 6.38. The highest BCUT2D eigenvalue weighted by Gasteiger charge is 2.42. The van der Waals surface area contributed by atoms with E-state index >= 15 is 0 Å². The molecule has 0 aliphatic carbocycles. The number of aliphatic hydroxyl groups excluding tert-OH is 3. The van der Waals surface area contributed by atoms with Crippen molar-refractivity contribution in [3.63, 3.8) is 0 Å². The summed E-state index contributed by atoms with van der Waals surface area (Å²) in [5, 5.41) is 29.0. The molecule has 1 fully saturated rings. The first-order valence-corrected chi connectivity index (χ1v) is 6.38. The van der Waals surface area contributed by atoms with Gasteiger partial charge in [-0.1, -0.05) is 27.7 Å². The van der Waals surface area contributed by atoms with E-state index in [1.807, 2.05) is 6.92 Å². The minimum atomic E-state index is -0.701. The van der Waals surface area contributed by atoms with Gasteiger partial charge in [-0.3, -0.25) is 0 Å². The molecule has 4 nitrogen and oxygen atoms in total. The van der Waals surface area contributed by atoms with Gasteiger partial charge < -0.3 is 20.1 Å². The third kappa shape index (κ3) is 3.91. The van der Waals surface area contributed by atoms with Gasteiger partial charge in [0.15, 0.2) is 0 Å². The molecular formula is C13H26O4. The van der Waals surface area contributed by atoms with Crippen LogP contribution in [0.2, 0.25) is 0 Å². The molecule has 5 atom stereocenters. The minimum absolute atomic E-state index is 0.00716. The molecule has 0 spiro atoms. The van der Waals surface area contributed by atoms with E-state index in [-0.39, 0.29) is 30.1 Å². The summed E-state index contributed by atoms with van der Waals surface area (Å²) in [5.74, 6) is -0.215. The maximum atomic E-state index is 10.1. The van der Waals surface area contributed by atoms with Crippen molar-refractivity contribution in [3.8, 4) is 0 Å². The van der Waals surface area contributed by atoms with Crippen molar-refractivity contribution in [2.75, 3.05) is 6.61 Å². The first kappa shape index (κ1) is 14.9. The molecule has 5 unspecified atom stereocenters. The maximum Gasteiger partial charge on any atom is 0.0864 e. The van der Waals surface area contributed by atoms with Crippen molar-refractivity contribution >= 4 is 0 Å². The Kier molecular flexibility index (Phi) is 4.95. The first-order chi connectivity index (χ1) is 7.76. The zero-order valence-corrected chi connectivity index (χ0v) is 11.3. The van der Waals surface area contributed by atoms with Crippen LogP contribution in [0.5, 0.6) is 0 Å². The second-order valence-electron chi connectivity index (χ2n) is 6.33. The van der Waals surface area contributed by atoms with Crippen LogP contribution < -0.4 is 0 Å². The Bertz CT molecular complexity index is 236. The lowest BCUT2D eigenvalue weighted by molar-refractivity contribution is -0.206. The summed E-state index contributed by atoms with van der Waals surface area (Å²) in [6.07, 6.45) is -0.810. The zero-order chi connectivity index (χ0) is 13.2. The van der Waals surface area contributed by atoms with Crippen LogP contribution in [0.15, 0.2) is 0 Å². The van der Waals surface area contributed by atoms with Crippen molar-refractivity contribution in [1.82, 2.24) is 0 Å². The fraction of sp³-hybridized carbons (Fsp3) is 1.00. The Morgan fingerprint density at radius 1 is 1.06 bits per heavy atom. The predicted molar refractivity (Wildman–Crippen MR) is 65.6 cm³/mol. The Balaban J connectivity index is 2.71. The topological polar surface area (TPSA) is 69.9 Å². The molecule has 4 heteroatoms. The molecule has 17 heavy (non-hydrogen) atoms. The monoisotopic (exact) mass is 246 g/mol. The van der Waals surface area contributed by atoms with Gasteiger partial charge in [0.05, 0.1) is 24.4 Å². The highest BCUT2D eigenvalue weighted by molar-refractivity contribution is 4.91. The van der Waals surface area contributed by atoms with Gasteiger partial charge in [0.25, 0.3) is 0 Å². The van der Waals surface area contributed by atoms with E-state index in [1.54, 1.807) is 0 Å². The molecule has 0 aromatic heterocycles. The van der Waals surface area contributed by atoms with Crippen molar-refractivity contribution in [1.29, 1.82) is 0 Å². The number of hydrogen-bond donors (Lipinski definition) is 3. The molecule has 1 aliphatic rings. The number of rotatable bonds is 3. The maximum absolute atomic E-state index is 10.1. The van der Waals surface area contributed by atoms with Crippen LogP contribution in [0.4, 0.5) is 0 Å². The number of hydrogen-bond acceptors (Lipinski definition) is 4. The predicted octanol–water partition coefficient (Wildman–Crippen LogP) is 0.930. The van der Waals surface area contributed by atoms with Crippen molar-refractivity contribution < 1.29 is 20.1 Å². The Hall–Kier alpha value is -0.160. The molecule has 1 aliphatic heterocycles. The Morgan fingerprint density at radius 3 is 2.06 bits per heavy atom. The average molecular weight is 246 g/mol. The lowest BCUT2D eigenvalue weighted by Crippen LogP contribution is -2.54. The minimum Gasteiger partial charge on any atom is -0.396 e. The molecule has 1 rings (SSSR count). The average Bonchev–Trinajstić information content (AvgIpc) is 2.20. The van der Waals surface area contributed by atoms with E-state index < -0.39 is 12.2 Å². The van der Waals surface area contributed by atoms with Gasteiger partial charge in [-0.15, -0.1) is 0 Å². The SMILES string of the molecule is CC1C(O)C(CCO)OC(CC(C)(C)C)C1O. The van der Waals surface area contributed by atoms with Crippen LogP contribution in [0.25, 0.3) is 0 Å². The van der Waals surface area contributed by atoms with Crippen LogP contribution in [-0.2, 0) is 4.74 Å². The van der Waals surface area contributed by atoms with Gasteiger partial charge in [-0.2, -0.15) is 0 Å². The van der Waals surface area contributed by atoms with E-state index in [1.165, 1.54) is 0 Å². The molecule has 0 aromatic carbocycles.